The van der Waals surface area contributed by atoms with Gasteiger partial charge in [0, 0.05) is 54.9 Å². The van der Waals surface area contributed by atoms with E-state index in [9.17, 15) is 4.79 Å². The highest BCUT2D eigenvalue weighted by molar-refractivity contribution is 5.94. The minimum absolute atomic E-state index is 0.0232. The molecule has 0 aromatic carbocycles. The number of carbonyl (C=O) groups is 1. The lowest BCUT2D eigenvalue weighted by molar-refractivity contribution is 0.0733. The van der Waals surface area contributed by atoms with E-state index < -0.39 is 0 Å². The Kier molecular flexibility index (Phi) is 4.35. The largest absolute Gasteiger partial charge is 0.334 e. The van der Waals surface area contributed by atoms with Gasteiger partial charge in [-0.3, -0.25) is 9.78 Å². The summed E-state index contributed by atoms with van der Waals surface area (Å²) in [5, 5.41) is 0. The van der Waals surface area contributed by atoms with Crippen LogP contribution in [0.5, 0.6) is 0 Å². The van der Waals surface area contributed by atoms with Crippen LogP contribution >= 0.6 is 0 Å². The van der Waals surface area contributed by atoms with Gasteiger partial charge in [-0.05, 0) is 18.6 Å². The first kappa shape index (κ1) is 16.3. The fraction of sp³-hybridized carbons (Fsp3) is 0.263. The predicted molar refractivity (Wildman–Crippen MR) is 95.1 cm³/mol. The Morgan fingerprint density at radius 1 is 1.08 bits per heavy atom. The zero-order valence-corrected chi connectivity index (χ0v) is 14.5. The summed E-state index contributed by atoms with van der Waals surface area (Å²) in [4.78, 5) is 36.0. The number of aryl methyl sites for hydroxylation is 1. The molecule has 4 rings (SSSR count). The quantitative estimate of drug-likeness (QED) is 0.722. The van der Waals surface area contributed by atoms with Gasteiger partial charge in [0.05, 0.1) is 17.0 Å². The van der Waals surface area contributed by atoms with Crippen LogP contribution < -0.4 is 0 Å². The van der Waals surface area contributed by atoms with E-state index in [1.807, 2.05) is 24.0 Å². The van der Waals surface area contributed by atoms with Crippen LogP contribution in [0.1, 0.15) is 34.2 Å². The van der Waals surface area contributed by atoms with Crippen LogP contribution in [0.2, 0.25) is 0 Å². The third-order valence-electron chi connectivity index (χ3n) is 4.56. The molecule has 0 N–H and O–H groups in total. The van der Waals surface area contributed by atoms with Crippen molar-refractivity contribution < 1.29 is 4.79 Å². The summed E-state index contributed by atoms with van der Waals surface area (Å²) < 4.78 is 0. The van der Waals surface area contributed by atoms with Gasteiger partial charge in [-0.2, -0.15) is 0 Å². The number of hydrogen-bond donors (Lipinski definition) is 0. The van der Waals surface area contributed by atoms with E-state index in [1.165, 1.54) is 6.33 Å². The number of carbonyl (C=O) groups excluding carboxylic acids is 1. The van der Waals surface area contributed by atoms with E-state index in [2.05, 4.69) is 24.9 Å². The number of pyridine rings is 1. The molecule has 0 saturated heterocycles. The summed E-state index contributed by atoms with van der Waals surface area (Å²) in [6.45, 7) is 3.14. The zero-order chi connectivity index (χ0) is 17.9. The summed E-state index contributed by atoms with van der Waals surface area (Å²) in [5.41, 5.74) is 5.13. The highest BCUT2D eigenvalue weighted by Gasteiger charge is 2.25. The first-order valence-corrected chi connectivity index (χ1v) is 8.58. The summed E-state index contributed by atoms with van der Waals surface area (Å²) in [6, 6.07) is 3.75. The molecule has 3 aromatic rings. The van der Waals surface area contributed by atoms with Crippen molar-refractivity contribution in [1.82, 2.24) is 29.8 Å². The molecule has 7 nitrogen and oxygen atoms in total. The Balaban J connectivity index is 1.63. The predicted octanol–water partition coefficient (Wildman–Crippen LogP) is 2.09. The maximum absolute atomic E-state index is 12.9. The second-order valence-electron chi connectivity index (χ2n) is 6.14. The molecule has 0 atom stereocenters. The van der Waals surface area contributed by atoms with E-state index in [4.69, 9.17) is 0 Å². The second-order valence-corrected chi connectivity index (χ2v) is 6.14. The Morgan fingerprint density at radius 3 is 2.65 bits per heavy atom. The van der Waals surface area contributed by atoms with Crippen molar-refractivity contribution in [1.29, 1.82) is 0 Å². The summed E-state index contributed by atoms with van der Waals surface area (Å²) in [6.07, 6.45) is 9.71. The van der Waals surface area contributed by atoms with Crippen LogP contribution in [0.25, 0.3) is 11.3 Å². The number of aromatic nitrogens is 5. The fourth-order valence-electron chi connectivity index (χ4n) is 3.13. The molecular weight excluding hydrogens is 328 g/mol. The van der Waals surface area contributed by atoms with E-state index in [0.717, 1.165) is 34.6 Å². The average molecular weight is 346 g/mol. The van der Waals surface area contributed by atoms with Crippen LogP contribution in [-0.2, 0) is 19.4 Å². The number of nitrogens with zero attached hydrogens (tertiary/aromatic N) is 6. The van der Waals surface area contributed by atoms with Gasteiger partial charge in [0.25, 0.3) is 5.91 Å². The Hall–Kier alpha value is -3.22. The van der Waals surface area contributed by atoms with Crippen LogP contribution in [0.3, 0.4) is 0 Å². The van der Waals surface area contributed by atoms with Gasteiger partial charge in [0.15, 0.2) is 0 Å². The monoisotopic (exact) mass is 346 g/mol. The van der Waals surface area contributed by atoms with Crippen LogP contribution in [0, 0.1) is 0 Å². The van der Waals surface area contributed by atoms with Gasteiger partial charge in [-0.25, -0.2) is 19.9 Å². The van der Waals surface area contributed by atoms with Crippen LogP contribution in [0.15, 0.2) is 43.4 Å². The molecule has 0 saturated carbocycles. The molecule has 0 spiro atoms. The molecule has 0 radical (unpaired) electrons. The van der Waals surface area contributed by atoms with Gasteiger partial charge in [0.2, 0.25) is 0 Å². The minimum Gasteiger partial charge on any atom is -0.334 e. The van der Waals surface area contributed by atoms with Crippen molar-refractivity contribution in [3.05, 3.63) is 65.9 Å². The van der Waals surface area contributed by atoms with Crippen molar-refractivity contribution in [2.75, 3.05) is 6.54 Å². The Labute approximate surface area is 151 Å². The highest BCUT2D eigenvalue weighted by Crippen LogP contribution is 2.27. The molecule has 0 bridgehead atoms. The first-order chi connectivity index (χ1) is 12.8. The number of amides is 1. The molecule has 26 heavy (non-hydrogen) atoms. The molecule has 4 heterocycles. The van der Waals surface area contributed by atoms with E-state index in [-0.39, 0.29) is 5.91 Å². The Bertz CT molecular complexity index is 927. The first-order valence-electron chi connectivity index (χ1n) is 8.58. The normalized spacial score (nSPS) is 13.3. The van der Waals surface area contributed by atoms with Gasteiger partial charge in [-0.15, -0.1) is 0 Å². The topological polar surface area (TPSA) is 84.8 Å². The molecule has 7 heteroatoms. The SMILES string of the molecule is CCc1ccc(C(=O)N2CCc3ncnc(-c4cncnc4)c3C2)cn1. The van der Waals surface area contributed by atoms with Gasteiger partial charge >= 0.3 is 0 Å². The Morgan fingerprint density at radius 2 is 1.92 bits per heavy atom. The molecule has 1 aliphatic rings. The number of fused-ring (bicyclic) bond motifs is 1. The van der Waals surface area contributed by atoms with Crippen LogP contribution in [0.4, 0.5) is 0 Å². The number of rotatable bonds is 3. The maximum atomic E-state index is 12.9. The average Bonchev–Trinajstić information content (AvgIpc) is 2.73. The minimum atomic E-state index is -0.0232. The van der Waals surface area contributed by atoms with Crippen molar-refractivity contribution >= 4 is 5.91 Å². The third-order valence-corrected chi connectivity index (χ3v) is 4.56. The molecular formula is C19H18N6O. The maximum Gasteiger partial charge on any atom is 0.255 e. The third kappa shape index (κ3) is 3.03. The van der Waals surface area contributed by atoms with Crippen molar-refractivity contribution in [3.63, 3.8) is 0 Å². The van der Waals surface area contributed by atoms with Gasteiger partial charge < -0.3 is 4.90 Å². The molecule has 1 amide bonds. The van der Waals surface area contributed by atoms with Crippen molar-refractivity contribution in [2.24, 2.45) is 0 Å². The molecule has 1 aliphatic heterocycles. The molecule has 130 valence electrons. The smallest absolute Gasteiger partial charge is 0.255 e. The zero-order valence-electron chi connectivity index (χ0n) is 14.5. The van der Waals surface area contributed by atoms with E-state index in [0.29, 0.717) is 25.1 Å². The van der Waals surface area contributed by atoms with Gasteiger partial charge in [0.1, 0.15) is 12.7 Å². The van der Waals surface area contributed by atoms with E-state index in [1.54, 1.807) is 24.9 Å². The summed E-state index contributed by atoms with van der Waals surface area (Å²) in [5.74, 6) is -0.0232. The lowest BCUT2D eigenvalue weighted by Gasteiger charge is -2.29. The summed E-state index contributed by atoms with van der Waals surface area (Å²) in [7, 11) is 0. The molecule has 3 aromatic heterocycles. The standard InChI is InChI=1S/C19H18N6O/c1-2-15-4-3-13(9-22-15)19(26)25-6-5-17-16(10-25)18(24-12-23-17)14-7-20-11-21-8-14/h3-4,7-9,11-12H,2,5-6,10H2,1H3. The lowest BCUT2D eigenvalue weighted by Crippen LogP contribution is -2.36. The fourth-order valence-corrected chi connectivity index (χ4v) is 3.13. The summed E-state index contributed by atoms with van der Waals surface area (Å²) >= 11 is 0. The highest BCUT2D eigenvalue weighted by atomic mass is 16.2. The molecule has 0 fully saturated rings. The lowest BCUT2D eigenvalue weighted by atomic mass is 10.0. The molecule has 0 aliphatic carbocycles. The van der Waals surface area contributed by atoms with Crippen molar-refractivity contribution in [2.45, 2.75) is 26.3 Å². The number of hydrogen-bond acceptors (Lipinski definition) is 6. The van der Waals surface area contributed by atoms with Crippen LogP contribution in [-0.4, -0.2) is 42.3 Å². The van der Waals surface area contributed by atoms with Crippen molar-refractivity contribution in [3.8, 4) is 11.3 Å². The molecule has 0 unspecified atom stereocenters. The van der Waals surface area contributed by atoms with E-state index >= 15 is 0 Å². The van der Waals surface area contributed by atoms with Gasteiger partial charge in [-0.1, -0.05) is 6.92 Å². The second kappa shape index (κ2) is 6.95.